The number of fused-ring (bicyclic) bond motifs is 3. The summed E-state index contributed by atoms with van der Waals surface area (Å²) in [6, 6.07) is 0. The summed E-state index contributed by atoms with van der Waals surface area (Å²) in [4.78, 5) is 27.6. The lowest BCUT2D eigenvalue weighted by Crippen LogP contribution is -2.60. The van der Waals surface area contributed by atoms with Crippen molar-refractivity contribution in [3.8, 4) is 0 Å². The Morgan fingerprint density at radius 1 is 0.889 bits per heavy atom. The number of carbonyl (C=O) groups excluding carboxylic acids is 2. The number of ether oxygens (including phenoxy) is 2. The normalized spacial score (nSPS) is 44.1. The van der Waals surface area contributed by atoms with E-state index in [-0.39, 0.29) is 40.7 Å². The molecular formula is C28H50O6Si2. The second-order valence-corrected chi connectivity index (χ2v) is 23.7. The molecule has 36 heavy (non-hydrogen) atoms. The average molecular weight is 539 g/mol. The largest absolute Gasteiger partial charge is 0.469 e. The maximum absolute atomic E-state index is 13.8. The summed E-state index contributed by atoms with van der Waals surface area (Å²) in [6.45, 7) is 18.5. The van der Waals surface area contributed by atoms with Crippen LogP contribution in [0.5, 0.6) is 0 Å². The maximum atomic E-state index is 13.8. The molecule has 4 rings (SSSR count). The van der Waals surface area contributed by atoms with Gasteiger partial charge in [-0.1, -0.05) is 6.92 Å². The van der Waals surface area contributed by atoms with Gasteiger partial charge >= 0.3 is 11.9 Å². The summed E-state index contributed by atoms with van der Waals surface area (Å²) >= 11 is 0. The standard InChI is InChI=1S/C28H50O6Si2/c1-26-14-13-21(34-36(8,9)10)27(2,25(30)32-4)23(26)22(24(29)31-3)28-15-18(11-12-20(26)28)19(16-28)17-33-35(5,6)7/h18-23H,11-17H2,1-10H3/t18?,19?,20-,21-,22+,23-,26-,27+,28+/m0/s1. The van der Waals surface area contributed by atoms with Crippen LogP contribution in [0.15, 0.2) is 0 Å². The molecule has 0 aromatic carbocycles. The van der Waals surface area contributed by atoms with Gasteiger partial charge in [0.2, 0.25) is 0 Å². The predicted molar refractivity (Wildman–Crippen MR) is 145 cm³/mol. The third-order valence-corrected chi connectivity index (χ3v) is 12.5. The van der Waals surface area contributed by atoms with Crippen LogP contribution in [0.4, 0.5) is 0 Å². The fourth-order valence-corrected chi connectivity index (χ4v) is 11.4. The van der Waals surface area contributed by atoms with E-state index in [0.717, 1.165) is 38.7 Å². The Morgan fingerprint density at radius 3 is 2.11 bits per heavy atom. The van der Waals surface area contributed by atoms with Gasteiger partial charge in [-0.2, -0.15) is 0 Å². The summed E-state index contributed by atoms with van der Waals surface area (Å²) in [6.07, 6.45) is 5.89. The van der Waals surface area contributed by atoms with Gasteiger partial charge in [-0.15, -0.1) is 0 Å². The Hall–Kier alpha value is -0.706. The smallest absolute Gasteiger partial charge is 0.314 e. The third-order valence-electron chi connectivity index (χ3n) is 10.5. The maximum Gasteiger partial charge on any atom is 0.314 e. The molecule has 0 aliphatic heterocycles. The summed E-state index contributed by atoms with van der Waals surface area (Å²) in [5.41, 5.74) is -1.18. The fraction of sp³-hybridized carbons (Fsp3) is 0.929. The Labute approximate surface area is 220 Å². The van der Waals surface area contributed by atoms with Crippen LogP contribution in [-0.2, 0) is 27.9 Å². The van der Waals surface area contributed by atoms with E-state index in [4.69, 9.17) is 18.3 Å². The fourth-order valence-electron chi connectivity index (χ4n) is 9.51. The van der Waals surface area contributed by atoms with Gasteiger partial charge in [0.25, 0.3) is 0 Å². The van der Waals surface area contributed by atoms with Crippen molar-refractivity contribution in [3.63, 3.8) is 0 Å². The number of rotatable bonds is 7. The second kappa shape index (κ2) is 9.20. The lowest BCUT2D eigenvalue weighted by Gasteiger charge is -2.55. The van der Waals surface area contributed by atoms with E-state index < -0.39 is 22.0 Å². The van der Waals surface area contributed by atoms with Crippen LogP contribution in [0.25, 0.3) is 0 Å². The number of hydrogen-bond donors (Lipinski definition) is 0. The predicted octanol–water partition coefficient (Wildman–Crippen LogP) is 5.88. The zero-order valence-electron chi connectivity index (χ0n) is 24.4. The minimum atomic E-state index is -1.95. The van der Waals surface area contributed by atoms with Crippen molar-refractivity contribution >= 4 is 28.6 Å². The summed E-state index contributed by atoms with van der Waals surface area (Å²) in [5.74, 6) is 0.561. The van der Waals surface area contributed by atoms with Gasteiger partial charge in [-0.25, -0.2) is 0 Å². The Morgan fingerprint density at radius 2 is 1.56 bits per heavy atom. The van der Waals surface area contributed by atoms with Gasteiger partial charge in [0.15, 0.2) is 16.6 Å². The second-order valence-electron chi connectivity index (χ2n) is 14.7. The van der Waals surface area contributed by atoms with Crippen LogP contribution in [0, 0.1) is 45.8 Å². The Kier molecular flexibility index (Phi) is 7.23. The average Bonchev–Trinajstić information content (AvgIpc) is 3.19. The van der Waals surface area contributed by atoms with Crippen LogP contribution >= 0.6 is 0 Å². The van der Waals surface area contributed by atoms with Crippen LogP contribution in [0.2, 0.25) is 39.3 Å². The van der Waals surface area contributed by atoms with Crippen molar-refractivity contribution in [2.75, 3.05) is 20.8 Å². The van der Waals surface area contributed by atoms with Gasteiger partial charge in [-0.3, -0.25) is 9.59 Å². The van der Waals surface area contributed by atoms with E-state index in [1.165, 1.54) is 20.6 Å². The number of methoxy groups -OCH3 is 2. The Balaban J connectivity index is 1.82. The molecule has 8 heteroatoms. The molecule has 0 saturated heterocycles. The van der Waals surface area contributed by atoms with Gasteiger partial charge in [-0.05, 0) is 119 Å². The van der Waals surface area contributed by atoms with Crippen LogP contribution in [-0.4, -0.2) is 55.5 Å². The molecule has 0 aromatic rings. The highest BCUT2D eigenvalue weighted by molar-refractivity contribution is 6.70. The van der Waals surface area contributed by atoms with Crippen molar-refractivity contribution in [2.45, 2.75) is 97.8 Å². The van der Waals surface area contributed by atoms with Crippen molar-refractivity contribution in [1.82, 2.24) is 0 Å². The number of carbonyl (C=O) groups is 2. The van der Waals surface area contributed by atoms with E-state index in [0.29, 0.717) is 17.8 Å². The molecular weight excluding hydrogens is 488 g/mol. The van der Waals surface area contributed by atoms with Gasteiger partial charge in [0.1, 0.15) is 0 Å². The van der Waals surface area contributed by atoms with Crippen molar-refractivity contribution < 1.29 is 27.9 Å². The topological polar surface area (TPSA) is 71.1 Å². The quantitative estimate of drug-likeness (QED) is 0.298. The minimum Gasteiger partial charge on any atom is -0.469 e. The molecule has 4 fully saturated rings. The lowest BCUT2D eigenvalue weighted by molar-refractivity contribution is -0.183. The van der Waals surface area contributed by atoms with E-state index in [1.807, 2.05) is 6.92 Å². The first kappa shape index (κ1) is 28.3. The van der Waals surface area contributed by atoms with Crippen LogP contribution in [0.1, 0.15) is 52.4 Å². The summed E-state index contributed by atoms with van der Waals surface area (Å²) in [7, 11) is -0.594. The number of hydrogen-bond acceptors (Lipinski definition) is 6. The van der Waals surface area contributed by atoms with Crippen molar-refractivity contribution in [2.24, 2.45) is 45.8 Å². The zero-order valence-corrected chi connectivity index (χ0v) is 26.4. The monoisotopic (exact) mass is 538 g/mol. The lowest BCUT2D eigenvalue weighted by atomic mass is 9.52. The Bertz CT molecular complexity index is 880. The van der Waals surface area contributed by atoms with E-state index in [1.54, 1.807) is 0 Å². The molecule has 4 aliphatic rings. The highest BCUT2D eigenvalue weighted by atomic mass is 28.4. The first-order valence-corrected chi connectivity index (χ1v) is 20.8. The molecule has 4 aliphatic carbocycles. The van der Waals surface area contributed by atoms with E-state index >= 15 is 0 Å². The molecule has 2 bridgehead atoms. The summed E-state index contributed by atoms with van der Waals surface area (Å²) in [5, 5.41) is 0. The molecule has 0 aromatic heterocycles. The van der Waals surface area contributed by atoms with Crippen molar-refractivity contribution in [3.05, 3.63) is 0 Å². The molecule has 6 nitrogen and oxygen atoms in total. The van der Waals surface area contributed by atoms with Crippen molar-refractivity contribution in [1.29, 1.82) is 0 Å². The van der Waals surface area contributed by atoms with E-state index in [9.17, 15) is 9.59 Å². The molecule has 4 saturated carbocycles. The van der Waals surface area contributed by atoms with Crippen LogP contribution in [0.3, 0.4) is 0 Å². The minimum absolute atomic E-state index is 0.138. The molecule has 206 valence electrons. The highest BCUT2D eigenvalue weighted by Crippen LogP contribution is 2.78. The SMILES string of the molecule is COC(=O)[C@H]1[C@H]2[C@@](C)(CC[C@H](O[Si](C)(C)C)[C@@]2(C)C(=O)OC)[C@@H]2CCC3C[C@]12CC3CO[Si](C)(C)C. The summed E-state index contributed by atoms with van der Waals surface area (Å²) < 4.78 is 24.2. The van der Waals surface area contributed by atoms with Gasteiger partial charge < -0.3 is 18.3 Å². The zero-order chi connectivity index (χ0) is 26.9. The molecule has 0 amide bonds. The van der Waals surface area contributed by atoms with Crippen LogP contribution < -0.4 is 0 Å². The molecule has 2 unspecified atom stereocenters. The first-order valence-electron chi connectivity index (χ1n) is 14.0. The van der Waals surface area contributed by atoms with E-state index in [2.05, 4.69) is 46.2 Å². The highest BCUT2D eigenvalue weighted by Gasteiger charge is 2.77. The van der Waals surface area contributed by atoms with Gasteiger partial charge in [0.05, 0.1) is 31.7 Å². The first-order chi connectivity index (χ1) is 16.5. The molecule has 9 atom stereocenters. The number of esters is 2. The third kappa shape index (κ3) is 4.35. The molecule has 0 N–H and O–H groups in total. The molecule has 1 spiro atoms. The van der Waals surface area contributed by atoms with Gasteiger partial charge in [0, 0.05) is 6.61 Å². The molecule has 0 radical (unpaired) electrons. The molecule has 0 heterocycles.